The van der Waals surface area contributed by atoms with Gasteiger partial charge in [-0.15, -0.1) is 0 Å². The van der Waals surface area contributed by atoms with Gasteiger partial charge in [0, 0.05) is 31.0 Å². The van der Waals surface area contributed by atoms with E-state index in [2.05, 4.69) is 34.7 Å². The Kier molecular flexibility index (Phi) is 3.11. The molecule has 14 heavy (non-hydrogen) atoms. The minimum absolute atomic E-state index is 0.419. The average Bonchev–Trinajstić information content (AvgIpc) is 2.72. The van der Waals surface area contributed by atoms with Gasteiger partial charge in [0.05, 0.1) is 0 Å². The predicted octanol–water partition coefficient (Wildman–Crippen LogP) is 1.09. The lowest BCUT2D eigenvalue weighted by atomic mass is 10.1. The summed E-state index contributed by atoms with van der Waals surface area (Å²) in [7, 11) is 0. The van der Waals surface area contributed by atoms with Crippen LogP contribution in [0, 0.1) is 0 Å². The summed E-state index contributed by atoms with van der Waals surface area (Å²) in [5.41, 5.74) is 1.31. The third-order valence-electron chi connectivity index (χ3n) is 2.75. The summed E-state index contributed by atoms with van der Waals surface area (Å²) in [6.45, 7) is 4.43. The molecule has 3 nitrogen and oxygen atoms in total. The van der Waals surface area contributed by atoms with Gasteiger partial charge in [-0.05, 0) is 37.6 Å². The molecule has 2 heterocycles. The lowest BCUT2D eigenvalue weighted by Gasteiger charge is -2.18. The number of hydrogen-bond donors (Lipinski definition) is 2. The maximum absolute atomic E-state index is 4.02. The second-order valence-corrected chi connectivity index (χ2v) is 3.86. The van der Waals surface area contributed by atoms with Crippen molar-refractivity contribution in [2.24, 2.45) is 0 Å². The van der Waals surface area contributed by atoms with Gasteiger partial charge in [0.25, 0.3) is 0 Å². The van der Waals surface area contributed by atoms with Crippen LogP contribution in [0.5, 0.6) is 0 Å². The van der Waals surface area contributed by atoms with E-state index in [1.165, 1.54) is 12.0 Å². The quantitative estimate of drug-likeness (QED) is 0.751. The third kappa shape index (κ3) is 2.30. The van der Waals surface area contributed by atoms with E-state index in [-0.39, 0.29) is 0 Å². The van der Waals surface area contributed by atoms with Crippen molar-refractivity contribution < 1.29 is 0 Å². The maximum atomic E-state index is 4.02. The van der Waals surface area contributed by atoms with Crippen molar-refractivity contribution in [2.45, 2.75) is 25.4 Å². The SMILES string of the molecule is CC(NC1CCNC1)c1ccncc1. The Balaban J connectivity index is 1.92. The Hall–Kier alpha value is -0.930. The molecule has 1 aromatic rings. The first-order chi connectivity index (χ1) is 6.86. The Morgan fingerprint density at radius 3 is 2.93 bits per heavy atom. The molecule has 0 amide bonds. The molecule has 1 saturated heterocycles. The molecule has 1 fully saturated rings. The molecule has 1 aliphatic heterocycles. The van der Waals surface area contributed by atoms with Gasteiger partial charge in [-0.2, -0.15) is 0 Å². The molecule has 0 aromatic carbocycles. The highest BCUT2D eigenvalue weighted by Crippen LogP contribution is 2.12. The van der Waals surface area contributed by atoms with E-state index >= 15 is 0 Å². The highest BCUT2D eigenvalue weighted by atomic mass is 15.0. The van der Waals surface area contributed by atoms with E-state index in [4.69, 9.17) is 0 Å². The first-order valence-electron chi connectivity index (χ1n) is 5.23. The highest BCUT2D eigenvalue weighted by Gasteiger charge is 2.16. The first kappa shape index (κ1) is 9.62. The molecule has 2 rings (SSSR count). The largest absolute Gasteiger partial charge is 0.315 e. The van der Waals surface area contributed by atoms with Crippen LogP contribution in [-0.4, -0.2) is 24.1 Å². The number of pyridine rings is 1. The van der Waals surface area contributed by atoms with Crippen LogP contribution in [0.1, 0.15) is 24.9 Å². The zero-order valence-corrected chi connectivity index (χ0v) is 8.53. The van der Waals surface area contributed by atoms with E-state index < -0.39 is 0 Å². The fraction of sp³-hybridized carbons (Fsp3) is 0.545. The Morgan fingerprint density at radius 1 is 1.50 bits per heavy atom. The summed E-state index contributed by atoms with van der Waals surface area (Å²) >= 11 is 0. The number of nitrogens with one attached hydrogen (secondary N) is 2. The van der Waals surface area contributed by atoms with E-state index in [9.17, 15) is 0 Å². The Morgan fingerprint density at radius 2 is 2.29 bits per heavy atom. The van der Waals surface area contributed by atoms with Crippen molar-refractivity contribution in [3.8, 4) is 0 Å². The molecule has 3 heteroatoms. The van der Waals surface area contributed by atoms with E-state index in [1.54, 1.807) is 0 Å². The fourth-order valence-electron chi connectivity index (χ4n) is 1.90. The van der Waals surface area contributed by atoms with Gasteiger partial charge in [-0.25, -0.2) is 0 Å². The highest BCUT2D eigenvalue weighted by molar-refractivity contribution is 5.14. The number of nitrogens with zero attached hydrogens (tertiary/aromatic N) is 1. The molecule has 0 saturated carbocycles. The minimum Gasteiger partial charge on any atom is -0.315 e. The number of rotatable bonds is 3. The number of aromatic nitrogens is 1. The zero-order valence-electron chi connectivity index (χ0n) is 8.53. The summed E-state index contributed by atoms with van der Waals surface area (Å²) < 4.78 is 0. The minimum atomic E-state index is 0.419. The van der Waals surface area contributed by atoms with Gasteiger partial charge in [0.15, 0.2) is 0 Å². The summed E-state index contributed by atoms with van der Waals surface area (Å²) in [6, 6.07) is 5.18. The molecule has 1 aromatic heterocycles. The van der Waals surface area contributed by atoms with Gasteiger partial charge in [-0.3, -0.25) is 4.98 Å². The van der Waals surface area contributed by atoms with Crippen molar-refractivity contribution in [3.63, 3.8) is 0 Å². The zero-order chi connectivity index (χ0) is 9.80. The molecule has 1 aliphatic rings. The van der Waals surface area contributed by atoms with Gasteiger partial charge in [0.1, 0.15) is 0 Å². The van der Waals surface area contributed by atoms with Gasteiger partial charge >= 0.3 is 0 Å². The molecule has 0 aliphatic carbocycles. The smallest absolute Gasteiger partial charge is 0.0296 e. The fourth-order valence-corrected chi connectivity index (χ4v) is 1.90. The van der Waals surface area contributed by atoms with E-state index in [0.717, 1.165) is 13.1 Å². The Labute approximate surface area is 84.9 Å². The summed E-state index contributed by atoms with van der Waals surface area (Å²) in [6.07, 6.45) is 4.93. The van der Waals surface area contributed by atoms with Crippen LogP contribution >= 0.6 is 0 Å². The molecular formula is C11H17N3. The van der Waals surface area contributed by atoms with Gasteiger partial charge in [0.2, 0.25) is 0 Å². The molecule has 0 bridgehead atoms. The normalized spacial score (nSPS) is 23.6. The summed E-state index contributed by atoms with van der Waals surface area (Å²) in [4.78, 5) is 4.02. The van der Waals surface area contributed by atoms with Gasteiger partial charge in [-0.1, -0.05) is 0 Å². The van der Waals surface area contributed by atoms with E-state index in [1.807, 2.05) is 12.4 Å². The van der Waals surface area contributed by atoms with Crippen molar-refractivity contribution in [1.82, 2.24) is 15.6 Å². The van der Waals surface area contributed by atoms with Crippen LogP contribution in [0.15, 0.2) is 24.5 Å². The van der Waals surface area contributed by atoms with Gasteiger partial charge < -0.3 is 10.6 Å². The molecular weight excluding hydrogens is 174 g/mol. The molecule has 0 radical (unpaired) electrons. The molecule has 2 N–H and O–H groups in total. The Bertz CT molecular complexity index is 267. The van der Waals surface area contributed by atoms with Crippen LogP contribution in [0.25, 0.3) is 0 Å². The number of hydrogen-bond acceptors (Lipinski definition) is 3. The summed E-state index contributed by atoms with van der Waals surface area (Å²) in [5.74, 6) is 0. The molecule has 0 spiro atoms. The van der Waals surface area contributed by atoms with Crippen LogP contribution < -0.4 is 10.6 Å². The third-order valence-corrected chi connectivity index (χ3v) is 2.75. The van der Waals surface area contributed by atoms with Crippen LogP contribution in [-0.2, 0) is 0 Å². The van der Waals surface area contributed by atoms with Crippen molar-refractivity contribution in [1.29, 1.82) is 0 Å². The standard InChI is InChI=1S/C11H17N3/c1-9(10-2-5-12-6-3-10)14-11-4-7-13-8-11/h2-3,5-6,9,11,13-14H,4,7-8H2,1H3. The van der Waals surface area contributed by atoms with Crippen LogP contribution in [0.3, 0.4) is 0 Å². The van der Waals surface area contributed by atoms with Crippen molar-refractivity contribution in [2.75, 3.05) is 13.1 Å². The topological polar surface area (TPSA) is 37.0 Å². The second-order valence-electron chi connectivity index (χ2n) is 3.86. The monoisotopic (exact) mass is 191 g/mol. The molecule has 76 valence electrons. The maximum Gasteiger partial charge on any atom is 0.0296 e. The first-order valence-corrected chi connectivity index (χ1v) is 5.23. The predicted molar refractivity (Wildman–Crippen MR) is 57.1 cm³/mol. The summed E-state index contributed by atoms with van der Waals surface area (Å²) in [5, 5.41) is 6.96. The van der Waals surface area contributed by atoms with Crippen molar-refractivity contribution >= 4 is 0 Å². The van der Waals surface area contributed by atoms with Crippen LogP contribution in [0.4, 0.5) is 0 Å². The van der Waals surface area contributed by atoms with Crippen LogP contribution in [0.2, 0.25) is 0 Å². The molecule has 2 atom stereocenters. The van der Waals surface area contributed by atoms with Crippen molar-refractivity contribution in [3.05, 3.63) is 30.1 Å². The second kappa shape index (κ2) is 4.53. The average molecular weight is 191 g/mol. The van der Waals surface area contributed by atoms with E-state index in [0.29, 0.717) is 12.1 Å². The molecule has 2 unspecified atom stereocenters. The lowest BCUT2D eigenvalue weighted by Crippen LogP contribution is -2.33. The lowest BCUT2D eigenvalue weighted by molar-refractivity contribution is 0.478.